The molecule has 2 heterocycles. The lowest BCUT2D eigenvalue weighted by Crippen LogP contribution is -2.46. The normalized spacial score (nSPS) is 19.9. The van der Waals surface area contributed by atoms with E-state index in [2.05, 4.69) is 60.5 Å². The highest BCUT2D eigenvalue weighted by Gasteiger charge is 2.24. The molecule has 0 atom stereocenters. The maximum atomic E-state index is 4.79. The number of hydrogen-bond acceptors (Lipinski definition) is 3. The number of rotatable bonds is 2. The van der Waals surface area contributed by atoms with Gasteiger partial charge in [0.25, 0.3) is 0 Å². The number of nitrogens with zero attached hydrogens (tertiary/aromatic N) is 2. The number of hydrogen-bond donors (Lipinski definition) is 1. The molecule has 0 radical (unpaired) electrons. The molecule has 1 aliphatic rings. The Morgan fingerprint density at radius 3 is 2.95 bits per heavy atom. The molecule has 20 heavy (non-hydrogen) atoms. The van der Waals surface area contributed by atoms with E-state index in [0.717, 1.165) is 31.7 Å². The van der Waals surface area contributed by atoms with Gasteiger partial charge in [-0.25, -0.2) is 0 Å². The summed E-state index contributed by atoms with van der Waals surface area (Å²) in [5.74, 6) is 0. The first kappa shape index (κ1) is 13.5. The van der Waals surface area contributed by atoms with E-state index >= 15 is 0 Å². The summed E-state index contributed by atoms with van der Waals surface area (Å²) in [5.41, 5.74) is 2.45. The zero-order valence-corrected chi connectivity index (χ0v) is 12.4. The number of nitrogens with one attached hydrogen (secondary N) is 1. The van der Waals surface area contributed by atoms with Crippen molar-refractivity contribution < 1.29 is 0 Å². The first-order valence-corrected chi connectivity index (χ1v) is 7.44. The number of fused-ring (bicyclic) bond motifs is 1. The number of pyridine rings is 1. The molecule has 0 amide bonds. The highest BCUT2D eigenvalue weighted by atomic mass is 15.2. The van der Waals surface area contributed by atoms with Gasteiger partial charge in [0, 0.05) is 24.0 Å². The monoisotopic (exact) mass is 269 g/mol. The Labute approximate surface area is 121 Å². The maximum Gasteiger partial charge on any atom is 0.0705 e. The molecule has 3 nitrogen and oxygen atoms in total. The van der Waals surface area contributed by atoms with E-state index in [4.69, 9.17) is 4.98 Å². The molecule has 0 aliphatic carbocycles. The van der Waals surface area contributed by atoms with Crippen LogP contribution in [0.4, 0.5) is 0 Å². The van der Waals surface area contributed by atoms with Gasteiger partial charge in [-0.1, -0.05) is 24.3 Å². The summed E-state index contributed by atoms with van der Waals surface area (Å²) < 4.78 is 0. The highest BCUT2D eigenvalue weighted by molar-refractivity contribution is 5.78. The van der Waals surface area contributed by atoms with Crippen molar-refractivity contribution >= 4 is 10.9 Å². The fourth-order valence-corrected chi connectivity index (χ4v) is 2.98. The van der Waals surface area contributed by atoms with Crippen molar-refractivity contribution in [1.29, 1.82) is 0 Å². The Kier molecular flexibility index (Phi) is 3.72. The highest BCUT2D eigenvalue weighted by Crippen LogP contribution is 2.16. The van der Waals surface area contributed by atoms with E-state index < -0.39 is 0 Å². The summed E-state index contributed by atoms with van der Waals surface area (Å²) in [4.78, 5) is 7.30. The molecule has 0 saturated carbocycles. The Bertz CT molecular complexity index is 592. The summed E-state index contributed by atoms with van der Waals surface area (Å²) in [6, 6.07) is 12.7. The van der Waals surface area contributed by atoms with Crippen molar-refractivity contribution in [1.82, 2.24) is 15.2 Å². The van der Waals surface area contributed by atoms with E-state index in [0.29, 0.717) is 0 Å². The smallest absolute Gasteiger partial charge is 0.0705 e. The van der Waals surface area contributed by atoms with Crippen LogP contribution in [-0.4, -0.2) is 35.1 Å². The summed E-state index contributed by atoms with van der Waals surface area (Å²) in [6.45, 7) is 8.81. The van der Waals surface area contributed by atoms with Crippen molar-refractivity contribution in [2.24, 2.45) is 0 Å². The average Bonchev–Trinajstić information content (AvgIpc) is 2.59. The van der Waals surface area contributed by atoms with E-state index in [9.17, 15) is 0 Å². The fraction of sp³-hybridized carbons (Fsp3) is 0.471. The molecule has 1 aliphatic heterocycles. The third-order valence-electron chi connectivity index (χ3n) is 3.92. The van der Waals surface area contributed by atoms with Crippen LogP contribution in [0.15, 0.2) is 36.4 Å². The summed E-state index contributed by atoms with van der Waals surface area (Å²) in [5, 5.41) is 4.82. The van der Waals surface area contributed by atoms with Gasteiger partial charge in [-0.15, -0.1) is 0 Å². The van der Waals surface area contributed by atoms with Gasteiger partial charge in [-0.2, -0.15) is 0 Å². The molecule has 1 aromatic carbocycles. The van der Waals surface area contributed by atoms with Gasteiger partial charge in [-0.3, -0.25) is 9.88 Å². The number of para-hydroxylation sites is 1. The van der Waals surface area contributed by atoms with Crippen LogP contribution < -0.4 is 5.32 Å². The molecule has 0 spiro atoms. The standard InChI is InChI=1S/C17H23N3/c1-17(2)13-20(11-5-10-18-17)12-15-9-8-14-6-3-4-7-16(14)19-15/h3-4,6-9,18H,5,10-13H2,1-2H3. The second-order valence-electron chi connectivity index (χ2n) is 6.37. The van der Waals surface area contributed by atoms with Crippen molar-refractivity contribution in [3.8, 4) is 0 Å². The van der Waals surface area contributed by atoms with E-state index in [1.165, 1.54) is 17.5 Å². The minimum atomic E-state index is 0.188. The Balaban J connectivity index is 1.78. The maximum absolute atomic E-state index is 4.79. The van der Waals surface area contributed by atoms with Crippen molar-refractivity contribution in [3.63, 3.8) is 0 Å². The summed E-state index contributed by atoms with van der Waals surface area (Å²) in [7, 11) is 0. The zero-order valence-electron chi connectivity index (χ0n) is 12.4. The van der Waals surface area contributed by atoms with Crippen LogP contribution in [0, 0.1) is 0 Å². The molecule has 3 heteroatoms. The molecule has 106 valence electrons. The third kappa shape index (κ3) is 3.17. The van der Waals surface area contributed by atoms with Crippen LogP contribution in [-0.2, 0) is 6.54 Å². The molecular formula is C17H23N3. The van der Waals surface area contributed by atoms with Gasteiger partial charge in [0.1, 0.15) is 0 Å². The van der Waals surface area contributed by atoms with Gasteiger partial charge < -0.3 is 5.32 Å². The summed E-state index contributed by atoms with van der Waals surface area (Å²) in [6.07, 6.45) is 1.21. The Morgan fingerprint density at radius 2 is 2.05 bits per heavy atom. The lowest BCUT2D eigenvalue weighted by Gasteiger charge is -2.29. The zero-order chi connectivity index (χ0) is 14.0. The lowest BCUT2D eigenvalue weighted by molar-refractivity contribution is 0.222. The van der Waals surface area contributed by atoms with Gasteiger partial charge in [-0.05, 0) is 45.5 Å². The van der Waals surface area contributed by atoms with Gasteiger partial charge in [0.2, 0.25) is 0 Å². The van der Waals surface area contributed by atoms with Crippen molar-refractivity contribution in [3.05, 3.63) is 42.1 Å². The Hall–Kier alpha value is -1.45. The van der Waals surface area contributed by atoms with E-state index in [1.54, 1.807) is 0 Å². The predicted octanol–water partition coefficient (Wildman–Crippen LogP) is 2.81. The van der Waals surface area contributed by atoms with Crippen LogP contribution in [0.5, 0.6) is 0 Å². The van der Waals surface area contributed by atoms with Crippen LogP contribution in [0.25, 0.3) is 10.9 Å². The molecule has 1 aromatic heterocycles. The topological polar surface area (TPSA) is 28.2 Å². The molecule has 2 aromatic rings. The molecular weight excluding hydrogens is 246 g/mol. The quantitative estimate of drug-likeness (QED) is 0.908. The minimum Gasteiger partial charge on any atom is -0.310 e. The molecule has 1 N–H and O–H groups in total. The molecule has 0 bridgehead atoms. The third-order valence-corrected chi connectivity index (χ3v) is 3.92. The summed E-state index contributed by atoms with van der Waals surface area (Å²) >= 11 is 0. The minimum absolute atomic E-state index is 0.188. The second-order valence-corrected chi connectivity index (χ2v) is 6.37. The van der Waals surface area contributed by atoms with Crippen LogP contribution in [0.2, 0.25) is 0 Å². The molecule has 3 rings (SSSR count). The number of benzene rings is 1. The van der Waals surface area contributed by atoms with Crippen molar-refractivity contribution in [2.45, 2.75) is 32.4 Å². The van der Waals surface area contributed by atoms with Gasteiger partial charge >= 0.3 is 0 Å². The van der Waals surface area contributed by atoms with E-state index in [-0.39, 0.29) is 5.54 Å². The fourth-order valence-electron chi connectivity index (χ4n) is 2.98. The largest absolute Gasteiger partial charge is 0.310 e. The van der Waals surface area contributed by atoms with E-state index in [1.807, 2.05) is 0 Å². The Morgan fingerprint density at radius 1 is 1.20 bits per heavy atom. The molecule has 1 saturated heterocycles. The first-order chi connectivity index (χ1) is 9.62. The van der Waals surface area contributed by atoms with Crippen LogP contribution in [0.1, 0.15) is 26.0 Å². The first-order valence-electron chi connectivity index (χ1n) is 7.44. The SMILES string of the molecule is CC1(C)CN(Cc2ccc3ccccc3n2)CCCN1. The van der Waals surface area contributed by atoms with Crippen LogP contribution in [0.3, 0.4) is 0 Å². The van der Waals surface area contributed by atoms with Gasteiger partial charge in [0.05, 0.1) is 11.2 Å². The van der Waals surface area contributed by atoms with Crippen LogP contribution >= 0.6 is 0 Å². The predicted molar refractivity (Wildman–Crippen MR) is 83.7 cm³/mol. The lowest BCUT2D eigenvalue weighted by atomic mass is 10.1. The average molecular weight is 269 g/mol. The molecule has 0 unspecified atom stereocenters. The van der Waals surface area contributed by atoms with Crippen molar-refractivity contribution in [2.75, 3.05) is 19.6 Å². The second kappa shape index (κ2) is 5.51. The number of aromatic nitrogens is 1. The molecule has 1 fully saturated rings. The van der Waals surface area contributed by atoms with Gasteiger partial charge in [0.15, 0.2) is 0 Å².